The van der Waals surface area contributed by atoms with Gasteiger partial charge in [-0.05, 0) is 44.1 Å². The van der Waals surface area contributed by atoms with Gasteiger partial charge >= 0.3 is 0 Å². The van der Waals surface area contributed by atoms with Crippen molar-refractivity contribution in [1.29, 1.82) is 0 Å². The maximum atomic E-state index is 13.1. The summed E-state index contributed by atoms with van der Waals surface area (Å²) in [6, 6.07) is 0. The van der Waals surface area contributed by atoms with E-state index in [1.54, 1.807) is 15.6 Å². The number of aryl methyl sites for hydroxylation is 3. The number of nitrogens with zero attached hydrogens (tertiary/aromatic N) is 5. The Morgan fingerprint density at radius 2 is 1.91 bits per heavy atom. The fraction of sp³-hybridized carbons (Fsp3) is 0.588. The van der Waals surface area contributed by atoms with Crippen molar-refractivity contribution in [3.63, 3.8) is 0 Å². The van der Waals surface area contributed by atoms with E-state index in [1.807, 2.05) is 32.0 Å². The van der Waals surface area contributed by atoms with Gasteiger partial charge in [-0.15, -0.1) is 0 Å². The summed E-state index contributed by atoms with van der Waals surface area (Å²) in [7, 11) is 1.87. The standard InChI is InChI=1S/C17H23N5O/c1-11-7-18-22(8-11)16-15(12(2)19-20(16)3)17(23)21-9-13-5-4-6-14(13)10-21/h7-8,13-14H,4-6,9-10H2,1-3H3/t13-,14+. The second kappa shape index (κ2) is 5.22. The van der Waals surface area contributed by atoms with Crippen molar-refractivity contribution in [2.45, 2.75) is 33.1 Å². The van der Waals surface area contributed by atoms with E-state index in [-0.39, 0.29) is 5.91 Å². The summed E-state index contributed by atoms with van der Waals surface area (Å²) in [5, 5.41) is 8.84. The van der Waals surface area contributed by atoms with Gasteiger partial charge in [0.25, 0.3) is 5.91 Å². The Hall–Kier alpha value is -2.11. The zero-order chi connectivity index (χ0) is 16.1. The summed E-state index contributed by atoms with van der Waals surface area (Å²) in [5.41, 5.74) is 2.53. The van der Waals surface area contributed by atoms with E-state index < -0.39 is 0 Å². The summed E-state index contributed by atoms with van der Waals surface area (Å²) in [6.07, 6.45) is 7.60. The summed E-state index contributed by atoms with van der Waals surface area (Å²) in [6.45, 7) is 5.70. The third kappa shape index (κ3) is 2.28. The van der Waals surface area contributed by atoms with Crippen LogP contribution in [0, 0.1) is 25.7 Å². The molecular formula is C17H23N5O. The number of aromatic nitrogens is 4. The lowest BCUT2D eigenvalue weighted by Crippen LogP contribution is -2.30. The molecule has 1 saturated heterocycles. The van der Waals surface area contributed by atoms with Crippen LogP contribution in [-0.2, 0) is 7.05 Å². The van der Waals surface area contributed by atoms with E-state index in [4.69, 9.17) is 0 Å². The Bertz CT molecular complexity index is 747. The van der Waals surface area contributed by atoms with Crippen LogP contribution in [0.15, 0.2) is 12.4 Å². The van der Waals surface area contributed by atoms with Gasteiger partial charge in [-0.25, -0.2) is 9.36 Å². The molecule has 3 heterocycles. The Morgan fingerprint density at radius 3 is 2.52 bits per heavy atom. The molecule has 0 bridgehead atoms. The monoisotopic (exact) mass is 313 g/mol. The van der Waals surface area contributed by atoms with Crippen molar-refractivity contribution in [3.05, 3.63) is 29.2 Å². The van der Waals surface area contributed by atoms with Crippen LogP contribution in [0.1, 0.15) is 40.9 Å². The van der Waals surface area contributed by atoms with Crippen molar-refractivity contribution < 1.29 is 4.79 Å². The third-order valence-corrected chi connectivity index (χ3v) is 5.35. The molecule has 1 aliphatic heterocycles. The minimum absolute atomic E-state index is 0.105. The minimum atomic E-state index is 0.105. The summed E-state index contributed by atoms with van der Waals surface area (Å²) in [5.74, 6) is 2.27. The first-order valence-corrected chi connectivity index (χ1v) is 8.39. The maximum Gasteiger partial charge on any atom is 0.259 e. The predicted octanol–water partition coefficient (Wildman–Crippen LogP) is 2.09. The van der Waals surface area contributed by atoms with Gasteiger partial charge in [-0.1, -0.05) is 6.42 Å². The molecule has 2 aromatic heterocycles. The topological polar surface area (TPSA) is 56.0 Å². The van der Waals surface area contributed by atoms with Gasteiger partial charge < -0.3 is 4.90 Å². The number of hydrogen-bond donors (Lipinski definition) is 0. The van der Waals surface area contributed by atoms with Crippen LogP contribution in [0.25, 0.3) is 5.82 Å². The SMILES string of the molecule is Cc1cnn(-c2c(C(=O)N3C[C@H]4CCC[C@H]4C3)c(C)nn2C)c1. The quantitative estimate of drug-likeness (QED) is 0.853. The maximum absolute atomic E-state index is 13.1. The van der Waals surface area contributed by atoms with Crippen molar-refractivity contribution >= 4 is 5.91 Å². The molecule has 1 aliphatic carbocycles. The Balaban J connectivity index is 1.70. The first kappa shape index (κ1) is 14.5. The molecule has 0 unspecified atom stereocenters. The molecule has 2 fully saturated rings. The Morgan fingerprint density at radius 1 is 1.22 bits per heavy atom. The fourth-order valence-corrected chi connectivity index (χ4v) is 4.25. The highest BCUT2D eigenvalue weighted by Gasteiger charge is 2.39. The molecule has 0 radical (unpaired) electrons. The number of likely N-dealkylation sites (tertiary alicyclic amines) is 1. The molecule has 122 valence electrons. The number of fused-ring (bicyclic) bond motifs is 1. The number of carbonyl (C=O) groups is 1. The van der Waals surface area contributed by atoms with Crippen LogP contribution in [0.5, 0.6) is 0 Å². The lowest BCUT2D eigenvalue weighted by atomic mass is 10.0. The Labute approximate surface area is 136 Å². The van der Waals surface area contributed by atoms with Crippen LogP contribution in [0.3, 0.4) is 0 Å². The van der Waals surface area contributed by atoms with E-state index in [1.165, 1.54) is 19.3 Å². The lowest BCUT2D eigenvalue weighted by molar-refractivity contribution is 0.0779. The van der Waals surface area contributed by atoms with Gasteiger partial charge in [0.1, 0.15) is 5.56 Å². The first-order valence-electron chi connectivity index (χ1n) is 8.39. The molecule has 1 amide bonds. The van der Waals surface area contributed by atoms with Gasteiger partial charge in [0.15, 0.2) is 5.82 Å². The van der Waals surface area contributed by atoms with Crippen molar-refractivity contribution in [2.75, 3.05) is 13.1 Å². The van der Waals surface area contributed by atoms with Gasteiger partial charge in [0.2, 0.25) is 0 Å². The van der Waals surface area contributed by atoms with Crippen molar-refractivity contribution in [2.24, 2.45) is 18.9 Å². The molecule has 6 nitrogen and oxygen atoms in total. The summed E-state index contributed by atoms with van der Waals surface area (Å²) in [4.78, 5) is 15.2. The van der Waals surface area contributed by atoms with Gasteiger partial charge in [0.05, 0.1) is 11.9 Å². The minimum Gasteiger partial charge on any atom is -0.338 e. The number of hydrogen-bond acceptors (Lipinski definition) is 3. The molecule has 2 aliphatic rings. The van der Waals surface area contributed by atoms with Gasteiger partial charge in [-0.3, -0.25) is 4.79 Å². The van der Waals surface area contributed by atoms with Gasteiger partial charge in [-0.2, -0.15) is 10.2 Å². The highest BCUT2D eigenvalue weighted by atomic mass is 16.2. The smallest absolute Gasteiger partial charge is 0.259 e. The number of rotatable bonds is 2. The van der Waals surface area contributed by atoms with Gasteiger partial charge in [0, 0.05) is 26.3 Å². The fourth-order valence-electron chi connectivity index (χ4n) is 4.25. The number of carbonyl (C=O) groups excluding carboxylic acids is 1. The first-order chi connectivity index (χ1) is 11.0. The molecule has 0 spiro atoms. The van der Waals surface area contributed by atoms with Crippen LogP contribution in [0.4, 0.5) is 0 Å². The van der Waals surface area contributed by atoms with E-state index in [0.29, 0.717) is 17.4 Å². The highest BCUT2D eigenvalue weighted by molar-refractivity contribution is 5.98. The molecule has 2 atom stereocenters. The summed E-state index contributed by atoms with van der Waals surface area (Å²) >= 11 is 0. The van der Waals surface area contributed by atoms with Crippen molar-refractivity contribution in [1.82, 2.24) is 24.5 Å². The molecule has 0 N–H and O–H groups in total. The Kier molecular flexibility index (Phi) is 3.28. The number of amides is 1. The van der Waals surface area contributed by atoms with Crippen LogP contribution < -0.4 is 0 Å². The molecule has 2 aromatic rings. The lowest BCUT2D eigenvalue weighted by Gasteiger charge is -2.18. The summed E-state index contributed by atoms with van der Waals surface area (Å²) < 4.78 is 3.52. The van der Waals surface area contributed by atoms with E-state index in [0.717, 1.165) is 30.2 Å². The predicted molar refractivity (Wildman–Crippen MR) is 86.5 cm³/mol. The average molecular weight is 313 g/mol. The zero-order valence-corrected chi connectivity index (χ0v) is 14.0. The van der Waals surface area contributed by atoms with Crippen LogP contribution in [-0.4, -0.2) is 43.5 Å². The zero-order valence-electron chi connectivity index (χ0n) is 14.0. The van der Waals surface area contributed by atoms with Crippen LogP contribution >= 0.6 is 0 Å². The third-order valence-electron chi connectivity index (χ3n) is 5.35. The van der Waals surface area contributed by atoms with E-state index >= 15 is 0 Å². The molecule has 6 heteroatoms. The molecular weight excluding hydrogens is 290 g/mol. The largest absolute Gasteiger partial charge is 0.338 e. The van der Waals surface area contributed by atoms with E-state index in [9.17, 15) is 4.79 Å². The highest BCUT2D eigenvalue weighted by Crippen LogP contribution is 2.38. The molecule has 0 aromatic carbocycles. The van der Waals surface area contributed by atoms with Crippen molar-refractivity contribution in [3.8, 4) is 5.82 Å². The normalized spacial score (nSPS) is 23.5. The second-order valence-electron chi connectivity index (χ2n) is 7.03. The second-order valence-corrected chi connectivity index (χ2v) is 7.03. The molecule has 1 saturated carbocycles. The van der Waals surface area contributed by atoms with Crippen LogP contribution in [0.2, 0.25) is 0 Å². The average Bonchev–Trinajstić information content (AvgIpc) is 3.21. The van der Waals surface area contributed by atoms with E-state index in [2.05, 4.69) is 10.2 Å². The molecule has 23 heavy (non-hydrogen) atoms. The molecule has 4 rings (SSSR count).